The van der Waals surface area contributed by atoms with Gasteiger partial charge in [-0.3, -0.25) is 19.3 Å². The summed E-state index contributed by atoms with van der Waals surface area (Å²) in [4.78, 5) is 18.6. The van der Waals surface area contributed by atoms with E-state index in [0.29, 0.717) is 12.3 Å². The van der Waals surface area contributed by atoms with Gasteiger partial charge in [0.25, 0.3) is 5.56 Å². The summed E-state index contributed by atoms with van der Waals surface area (Å²) >= 11 is 5.09. The summed E-state index contributed by atoms with van der Waals surface area (Å²) in [5, 5.41) is 10.3. The van der Waals surface area contributed by atoms with Crippen molar-refractivity contribution in [1.29, 1.82) is 0 Å². The van der Waals surface area contributed by atoms with Crippen LogP contribution in [-0.4, -0.2) is 20.9 Å². The van der Waals surface area contributed by atoms with Crippen molar-refractivity contribution in [2.24, 2.45) is 4.99 Å². The molecule has 0 aliphatic heterocycles. The zero-order valence-electron chi connectivity index (χ0n) is 11.9. The number of H-pyrrole nitrogens is 1. The zero-order valence-corrected chi connectivity index (χ0v) is 12.7. The van der Waals surface area contributed by atoms with Gasteiger partial charge in [-0.15, -0.1) is 0 Å². The van der Waals surface area contributed by atoms with E-state index >= 15 is 0 Å². The minimum Gasteiger partial charge on any atom is -0.494 e. The number of hydrogen-bond acceptors (Lipinski definition) is 5. The number of nitrogens with one attached hydrogen (secondary N) is 1. The van der Waals surface area contributed by atoms with Crippen molar-refractivity contribution in [3.63, 3.8) is 0 Å². The molecule has 0 aliphatic rings. The largest absolute Gasteiger partial charge is 0.494 e. The fourth-order valence-corrected chi connectivity index (χ4v) is 2.25. The standard InChI is InChI=1S/C14H17N3O3S/c1-3-9(2)17-13(19)11(12(18)16-14(17)21)8-15-7-10-5-4-6-20-10/h4-6,8-9,19H,3,7H2,1-2H3,(H,16,18,21)/t9-/m0/s1. The minimum atomic E-state index is -0.458. The Morgan fingerprint density at radius 2 is 2.38 bits per heavy atom. The van der Waals surface area contributed by atoms with Gasteiger partial charge >= 0.3 is 0 Å². The molecular weight excluding hydrogens is 290 g/mol. The van der Waals surface area contributed by atoms with Gasteiger partial charge in [-0.25, -0.2) is 0 Å². The molecule has 21 heavy (non-hydrogen) atoms. The van der Waals surface area contributed by atoms with Crippen molar-refractivity contribution in [3.05, 3.63) is 44.8 Å². The maximum absolute atomic E-state index is 11.9. The molecule has 6 nitrogen and oxygen atoms in total. The molecule has 0 aromatic carbocycles. The van der Waals surface area contributed by atoms with Gasteiger partial charge in [0.2, 0.25) is 5.88 Å². The third-order valence-corrected chi connectivity index (χ3v) is 3.53. The van der Waals surface area contributed by atoms with Gasteiger partial charge in [-0.2, -0.15) is 0 Å². The van der Waals surface area contributed by atoms with Crippen molar-refractivity contribution < 1.29 is 9.52 Å². The van der Waals surface area contributed by atoms with Gasteiger partial charge in [0.1, 0.15) is 11.3 Å². The van der Waals surface area contributed by atoms with Gasteiger partial charge in [0, 0.05) is 12.3 Å². The Labute approximate surface area is 126 Å². The Hall–Kier alpha value is -2.15. The lowest BCUT2D eigenvalue weighted by Gasteiger charge is -2.16. The fourth-order valence-electron chi connectivity index (χ4n) is 1.89. The van der Waals surface area contributed by atoms with E-state index in [1.54, 1.807) is 18.4 Å². The first-order chi connectivity index (χ1) is 10.0. The van der Waals surface area contributed by atoms with E-state index in [2.05, 4.69) is 9.98 Å². The van der Waals surface area contributed by atoms with E-state index < -0.39 is 5.56 Å². The molecule has 0 amide bonds. The molecule has 1 atom stereocenters. The lowest BCUT2D eigenvalue weighted by Crippen LogP contribution is -2.20. The Morgan fingerprint density at radius 3 is 3.00 bits per heavy atom. The van der Waals surface area contributed by atoms with E-state index in [-0.39, 0.29) is 22.3 Å². The average Bonchev–Trinajstić information content (AvgIpc) is 2.95. The lowest BCUT2D eigenvalue weighted by atomic mass is 10.2. The molecule has 0 fully saturated rings. The van der Waals surface area contributed by atoms with Gasteiger partial charge < -0.3 is 9.52 Å². The summed E-state index contributed by atoms with van der Waals surface area (Å²) in [6, 6.07) is 3.53. The van der Waals surface area contributed by atoms with Crippen molar-refractivity contribution in [3.8, 4) is 5.88 Å². The Morgan fingerprint density at radius 1 is 1.62 bits per heavy atom. The van der Waals surface area contributed by atoms with Crippen LogP contribution in [0.5, 0.6) is 5.88 Å². The summed E-state index contributed by atoms with van der Waals surface area (Å²) in [5.41, 5.74) is -0.365. The first-order valence-corrected chi connectivity index (χ1v) is 7.05. The van der Waals surface area contributed by atoms with E-state index in [4.69, 9.17) is 16.6 Å². The maximum atomic E-state index is 11.9. The van der Waals surface area contributed by atoms with E-state index in [1.807, 2.05) is 13.8 Å². The van der Waals surface area contributed by atoms with Gasteiger partial charge in [0.05, 0.1) is 12.8 Å². The number of nitrogens with zero attached hydrogens (tertiary/aromatic N) is 2. The van der Waals surface area contributed by atoms with Gasteiger partial charge in [0.15, 0.2) is 4.77 Å². The molecule has 2 aromatic rings. The van der Waals surface area contributed by atoms with Crippen LogP contribution in [-0.2, 0) is 6.54 Å². The number of furan rings is 1. The number of aromatic nitrogens is 2. The maximum Gasteiger partial charge on any atom is 0.264 e. The van der Waals surface area contributed by atoms with E-state index in [9.17, 15) is 9.90 Å². The van der Waals surface area contributed by atoms with Crippen molar-refractivity contribution in [2.75, 3.05) is 0 Å². The summed E-state index contributed by atoms with van der Waals surface area (Å²) in [6.45, 7) is 4.18. The van der Waals surface area contributed by atoms with Crippen LogP contribution in [0.3, 0.4) is 0 Å². The number of aromatic amines is 1. The molecule has 0 aliphatic carbocycles. The molecule has 0 saturated heterocycles. The molecular formula is C14H17N3O3S. The van der Waals surface area contributed by atoms with Gasteiger partial charge in [-0.05, 0) is 37.7 Å². The molecule has 0 bridgehead atoms. The highest BCUT2D eigenvalue weighted by Crippen LogP contribution is 2.20. The fraction of sp³-hybridized carbons (Fsp3) is 0.357. The Balaban J connectivity index is 2.37. The van der Waals surface area contributed by atoms with E-state index in [1.165, 1.54) is 10.8 Å². The molecule has 2 aromatic heterocycles. The van der Waals surface area contributed by atoms with Crippen LogP contribution >= 0.6 is 12.2 Å². The second-order valence-corrected chi connectivity index (χ2v) is 5.06. The molecule has 2 heterocycles. The quantitative estimate of drug-likeness (QED) is 0.657. The molecule has 0 unspecified atom stereocenters. The predicted molar refractivity (Wildman–Crippen MR) is 82.6 cm³/mol. The SMILES string of the molecule is CC[C@H](C)n1c(O)c(C=NCc2ccco2)c(=O)[nH]c1=S. The van der Waals surface area contributed by atoms with Crippen LogP contribution in [0.2, 0.25) is 0 Å². The topological polar surface area (TPSA) is 83.5 Å². The smallest absolute Gasteiger partial charge is 0.264 e. The average molecular weight is 307 g/mol. The summed E-state index contributed by atoms with van der Waals surface area (Å²) in [6.07, 6.45) is 3.67. The number of hydrogen-bond donors (Lipinski definition) is 2. The van der Waals surface area contributed by atoms with Crippen LogP contribution in [0.4, 0.5) is 0 Å². The number of rotatable bonds is 5. The molecule has 112 valence electrons. The van der Waals surface area contributed by atoms with Crippen molar-refractivity contribution in [1.82, 2.24) is 9.55 Å². The monoisotopic (exact) mass is 307 g/mol. The van der Waals surface area contributed by atoms with Crippen LogP contribution < -0.4 is 5.56 Å². The second-order valence-electron chi connectivity index (χ2n) is 4.67. The first kappa shape index (κ1) is 15.2. The molecule has 7 heteroatoms. The molecule has 0 saturated carbocycles. The normalized spacial score (nSPS) is 12.9. The number of aliphatic imine (C=N–C) groups is 1. The zero-order chi connectivity index (χ0) is 15.4. The lowest BCUT2D eigenvalue weighted by molar-refractivity contribution is 0.371. The highest BCUT2D eigenvalue weighted by atomic mass is 32.1. The third-order valence-electron chi connectivity index (χ3n) is 3.23. The van der Waals surface area contributed by atoms with Crippen LogP contribution in [0.25, 0.3) is 0 Å². The Kier molecular flexibility index (Phi) is 4.74. The highest BCUT2D eigenvalue weighted by molar-refractivity contribution is 7.71. The number of aromatic hydroxyl groups is 1. The first-order valence-electron chi connectivity index (χ1n) is 6.64. The second kappa shape index (κ2) is 6.53. The highest BCUT2D eigenvalue weighted by Gasteiger charge is 2.14. The van der Waals surface area contributed by atoms with Gasteiger partial charge in [-0.1, -0.05) is 6.92 Å². The van der Waals surface area contributed by atoms with Crippen molar-refractivity contribution in [2.45, 2.75) is 32.9 Å². The summed E-state index contributed by atoms with van der Waals surface area (Å²) < 4.78 is 6.87. The molecule has 2 N–H and O–H groups in total. The van der Waals surface area contributed by atoms with Crippen LogP contribution in [0.1, 0.15) is 37.6 Å². The van der Waals surface area contributed by atoms with Crippen molar-refractivity contribution >= 4 is 18.4 Å². The molecule has 0 radical (unpaired) electrons. The minimum absolute atomic E-state index is 0.0217. The molecule has 2 rings (SSSR count). The summed E-state index contributed by atoms with van der Waals surface area (Å²) in [5.74, 6) is 0.512. The molecule has 0 spiro atoms. The van der Waals surface area contributed by atoms with E-state index in [0.717, 1.165) is 6.42 Å². The summed E-state index contributed by atoms with van der Waals surface area (Å²) in [7, 11) is 0. The third kappa shape index (κ3) is 3.30. The van der Waals surface area contributed by atoms with Crippen LogP contribution in [0, 0.1) is 4.77 Å². The van der Waals surface area contributed by atoms with Crippen LogP contribution in [0.15, 0.2) is 32.6 Å². The Bertz CT molecular complexity index is 744. The predicted octanol–water partition coefficient (Wildman–Crippen LogP) is 2.79.